The highest BCUT2D eigenvalue weighted by Gasteiger charge is 2.26. The van der Waals surface area contributed by atoms with Gasteiger partial charge in [-0.25, -0.2) is 0 Å². The summed E-state index contributed by atoms with van der Waals surface area (Å²) in [6.45, 7) is 4.80. The summed E-state index contributed by atoms with van der Waals surface area (Å²) in [5.41, 5.74) is 0. The maximum Gasteiger partial charge on any atom is -0.00204 e. The summed E-state index contributed by atoms with van der Waals surface area (Å²) in [5.74, 6) is 2.81. The van der Waals surface area contributed by atoms with Crippen molar-refractivity contribution >= 4 is 0 Å². The molecular formula is C14H25N. The van der Waals surface area contributed by atoms with Gasteiger partial charge in [0.05, 0.1) is 0 Å². The number of hydrogen-bond acceptors (Lipinski definition) is 1. The second-order valence-corrected chi connectivity index (χ2v) is 5.32. The van der Waals surface area contributed by atoms with Gasteiger partial charge in [-0.05, 0) is 56.5 Å². The van der Waals surface area contributed by atoms with Crippen LogP contribution >= 0.6 is 0 Å². The van der Waals surface area contributed by atoms with Crippen LogP contribution < -0.4 is 5.32 Å². The third-order valence-electron chi connectivity index (χ3n) is 4.12. The first-order chi connectivity index (χ1) is 7.40. The quantitative estimate of drug-likeness (QED) is 0.700. The monoisotopic (exact) mass is 207 g/mol. The third-order valence-corrected chi connectivity index (χ3v) is 4.12. The molecule has 0 bridgehead atoms. The van der Waals surface area contributed by atoms with Crippen molar-refractivity contribution in [3.05, 3.63) is 12.2 Å². The Morgan fingerprint density at radius 3 is 3.20 bits per heavy atom. The Balaban J connectivity index is 1.85. The Morgan fingerprint density at radius 1 is 1.40 bits per heavy atom. The molecule has 0 aromatic rings. The van der Waals surface area contributed by atoms with Gasteiger partial charge < -0.3 is 5.32 Å². The minimum absolute atomic E-state index is 0.891. The van der Waals surface area contributed by atoms with Crippen LogP contribution in [0, 0.1) is 17.8 Å². The molecule has 0 amide bonds. The first-order valence-electron chi connectivity index (χ1n) is 6.77. The van der Waals surface area contributed by atoms with Crippen LogP contribution in [-0.2, 0) is 0 Å². The Kier molecular flexibility index (Phi) is 4.25. The molecule has 0 aromatic heterocycles. The van der Waals surface area contributed by atoms with E-state index in [4.69, 9.17) is 0 Å². The Labute approximate surface area is 94.3 Å². The zero-order valence-corrected chi connectivity index (χ0v) is 10.0. The van der Waals surface area contributed by atoms with Gasteiger partial charge in [0.2, 0.25) is 0 Å². The molecular weight excluding hydrogens is 182 g/mol. The van der Waals surface area contributed by atoms with E-state index in [1.807, 2.05) is 0 Å². The van der Waals surface area contributed by atoms with E-state index >= 15 is 0 Å². The van der Waals surface area contributed by atoms with Gasteiger partial charge in [-0.15, -0.1) is 0 Å². The number of fused-ring (bicyclic) bond motifs is 1. The van der Waals surface area contributed by atoms with E-state index in [9.17, 15) is 0 Å². The zero-order valence-electron chi connectivity index (χ0n) is 10.0. The summed E-state index contributed by atoms with van der Waals surface area (Å²) in [6, 6.07) is 0. The van der Waals surface area contributed by atoms with Crippen LogP contribution in [0.25, 0.3) is 0 Å². The normalized spacial score (nSPS) is 35.9. The molecule has 1 fully saturated rings. The van der Waals surface area contributed by atoms with Crippen LogP contribution in [0.5, 0.6) is 0 Å². The van der Waals surface area contributed by atoms with Gasteiger partial charge in [-0.1, -0.05) is 31.9 Å². The highest BCUT2D eigenvalue weighted by molar-refractivity contribution is 5.02. The van der Waals surface area contributed by atoms with Gasteiger partial charge in [0.15, 0.2) is 0 Å². The molecule has 3 unspecified atom stereocenters. The van der Waals surface area contributed by atoms with Gasteiger partial charge in [-0.2, -0.15) is 0 Å². The van der Waals surface area contributed by atoms with Crippen molar-refractivity contribution in [2.45, 2.75) is 45.4 Å². The topological polar surface area (TPSA) is 12.0 Å². The summed E-state index contributed by atoms with van der Waals surface area (Å²) < 4.78 is 0. The Hall–Kier alpha value is -0.300. The van der Waals surface area contributed by atoms with Crippen LogP contribution in [0.1, 0.15) is 45.4 Å². The molecule has 0 saturated carbocycles. The number of unbranched alkanes of at least 4 members (excludes halogenated alkanes) is 1. The van der Waals surface area contributed by atoms with Crippen LogP contribution in [-0.4, -0.2) is 13.1 Å². The van der Waals surface area contributed by atoms with Crippen molar-refractivity contribution in [2.75, 3.05) is 13.1 Å². The third kappa shape index (κ3) is 3.07. The second-order valence-electron chi connectivity index (χ2n) is 5.32. The fraction of sp³-hybridized carbons (Fsp3) is 0.857. The molecule has 0 aromatic carbocycles. The first kappa shape index (κ1) is 11.2. The summed E-state index contributed by atoms with van der Waals surface area (Å²) in [5, 5.41) is 3.62. The molecule has 86 valence electrons. The fourth-order valence-electron chi connectivity index (χ4n) is 3.16. The molecule has 15 heavy (non-hydrogen) atoms. The zero-order chi connectivity index (χ0) is 10.5. The van der Waals surface area contributed by atoms with Gasteiger partial charge in [0, 0.05) is 0 Å². The van der Waals surface area contributed by atoms with Gasteiger partial charge >= 0.3 is 0 Å². The van der Waals surface area contributed by atoms with Crippen LogP contribution in [0.15, 0.2) is 12.2 Å². The fourth-order valence-corrected chi connectivity index (χ4v) is 3.16. The number of hydrogen-bond donors (Lipinski definition) is 1. The van der Waals surface area contributed by atoms with E-state index in [-0.39, 0.29) is 0 Å². The molecule has 0 spiro atoms. The van der Waals surface area contributed by atoms with Crippen molar-refractivity contribution in [3.8, 4) is 0 Å². The first-order valence-corrected chi connectivity index (χ1v) is 6.77. The molecule has 2 aliphatic rings. The highest BCUT2D eigenvalue weighted by Crippen LogP contribution is 2.35. The summed E-state index contributed by atoms with van der Waals surface area (Å²) >= 11 is 0. The molecule has 1 aliphatic heterocycles. The van der Waals surface area contributed by atoms with E-state index < -0.39 is 0 Å². The molecule has 0 radical (unpaired) electrons. The van der Waals surface area contributed by atoms with Crippen molar-refractivity contribution in [2.24, 2.45) is 17.8 Å². The lowest BCUT2D eigenvalue weighted by atomic mass is 9.81. The van der Waals surface area contributed by atoms with E-state index in [2.05, 4.69) is 24.4 Å². The van der Waals surface area contributed by atoms with E-state index in [1.165, 1.54) is 51.6 Å². The average Bonchev–Trinajstić information content (AvgIpc) is 2.63. The van der Waals surface area contributed by atoms with Crippen LogP contribution in [0.4, 0.5) is 0 Å². The second kappa shape index (κ2) is 5.69. The average molecular weight is 207 g/mol. The van der Waals surface area contributed by atoms with Crippen LogP contribution in [0.3, 0.4) is 0 Å². The maximum atomic E-state index is 3.62. The van der Waals surface area contributed by atoms with Crippen molar-refractivity contribution < 1.29 is 0 Å². The highest BCUT2D eigenvalue weighted by atomic mass is 14.9. The summed E-state index contributed by atoms with van der Waals surface area (Å²) in [6.07, 6.45) is 13.3. The Bertz CT molecular complexity index is 207. The van der Waals surface area contributed by atoms with Gasteiger partial charge in [0.25, 0.3) is 0 Å². The number of nitrogens with one attached hydrogen (secondary N) is 1. The number of allylic oxidation sites excluding steroid dienone is 2. The number of rotatable bonds is 3. The van der Waals surface area contributed by atoms with Crippen molar-refractivity contribution in [1.29, 1.82) is 0 Å². The van der Waals surface area contributed by atoms with Gasteiger partial charge in [0.1, 0.15) is 0 Å². The molecule has 1 heteroatoms. The summed E-state index contributed by atoms with van der Waals surface area (Å²) in [7, 11) is 0. The van der Waals surface area contributed by atoms with Gasteiger partial charge in [-0.3, -0.25) is 0 Å². The minimum Gasteiger partial charge on any atom is -0.316 e. The summed E-state index contributed by atoms with van der Waals surface area (Å²) in [4.78, 5) is 0. The molecule has 2 rings (SSSR count). The smallest absolute Gasteiger partial charge is 0.00204 e. The molecule has 1 nitrogen and oxygen atoms in total. The molecule has 3 atom stereocenters. The predicted molar refractivity (Wildman–Crippen MR) is 65.9 cm³/mol. The largest absolute Gasteiger partial charge is 0.316 e. The SMILES string of the molecule is CCCCC1CNCCC2C=CCC2C1. The maximum absolute atomic E-state index is 3.62. The molecule has 1 heterocycles. The van der Waals surface area contributed by atoms with Crippen molar-refractivity contribution in [3.63, 3.8) is 0 Å². The van der Waals surface area contributed by atoms with E-state index in [1.54, 1.807) is 0 Å². The van der Waals surface area contributed by atoms with E-state index in [0.717, 1.165) is 17.8 Å². The minimum atomic E-state index is 0.891. The lowest BCUT2D eigenvalue weighted by Gasteiger charge is -2.28. The Morgan fingerprint density at radius 2 is 2.33 bits per heavy atom. The lowest BCUT2D eigenvalue weighted by molar-refractivity contribution is 0.261. The molecule has 1 N–H and O–H groups in total. The molecule has 1 saturated heterocycles. The van der Waals surface area contributed by atoms with E-state index in [0.29, 0.717) is 0 Å². The lowest BCUT2D eigenvalue weighted by Crippen LogP contribution is -2.31. The van der Waals surface area contributed by atoms with Crippen molar-refractivity contribution in [1.82, 2.24) is 5.32 Å². The van der Waals surface area contributed by atoms with Crippen LogP contribution in [0.2, 0.25) is 0 Å². The predicted octanol–water partition coefficient (Wildman–Crippen LogP) is 3.37. The molecule has 1 aliphatic carbocycles. The standard InChI is InChI=1S/C14H25N/c1-2-3-5-12-10-14-7-4-6-13(14)8-9-15-11-12/h4,6,12-15H,2-3,5,7-11H2,1H3.